The molecular weight excluding hydrogens is 692 g/mol. The second-order valence-corrected chi connectivity index (χ2v) is 13.3. The summed E-state index contributed by atoms with van der Waals surface area (Å²) in [4.78, 5) is 90.4. The van der Waals surface area contributed by atoms with Gasteiger partial charge in [-0.3, -0.25) is 33.6 Å². The first-order chi connectivity index (χ1) is 25.6. The Balaban J connectivity index is 1.48. The van der Waals surface area contributed by atoms with Crippen LogP contribution in [0.1, 0.15) is 77.9 Å². The second-order valence-electron chi connectivity index (χ2n) is 13.3. The number of furan rings is 1. The summed E-state index contributed by atoms with van der Waals surface area (Å²) in [5, 5.41) is 10.4. The van der Waals surface area contributed by atoms with Crippen molar-refractivity contribution in [2.24, 2.45) is 5.92 Å². The first-order valence-electron chi connectivity index (χ1n) is 17.4. The third-order valence-corrected chi connectivity index (χ3v) is 8.47. The van der Waals surface area contributed by atoms with Crippen molar-refractivity contribution in [3.63, 3.8) is 0 Å². The Morgan fingerprint density at radius 3 is 1.96 bits per heavy atom. The fraction of sp³-hybridized carbons (Fsp3) is 0.293. The molecule has 0 spiro atoms. The van der Waals surface area contributed by atoms with Crippen LogP contribution in [0, 0.1) is 5.92 Å². The molecule has 4 amide bonds. The van der Waals surface area contributed by atoms with Crippen LogP contribution in [0.3, 0.4) is 0 Å². The van der Waals surface area contributed by atoms with Gasteiger partial charge in [0.15, 0.2) is 17.3 Å². The van der Waals surface area contributed by atoms with Gasteiger partial charge in [0.1, 0.15) is 23.6 Å². The zero-order valence-corrected chi connectivity index (χ0v) is 31.0. The predicted molar refractivity (Wildman–Crippen MR) is 201 cm³/mol. The maximum atomic E-state index is 13.9. The Hall–Kier alpha value is -6.37. The van der Waals surface area contributed by atoms with Crippen LogP contribution in [0.4, 0.5) is 5.69 Å². The van der Waals surface area contributed by atoms with Gasteiger partial charge in [-0.2, -0.15) is 0 Å². The molecule has 13 heteroatoms. The number of amides is 4. The number of ether oxygens (including phenoxy) is 1. The number of benzene rings is 3. The third kappa shape index (κ3) is 11.1. The number of carbonyl (C=O) groups is 7. The van der Waals surface area contributed by atoms with E-state index in [1.807, 2.05) is 13.8 Å². The molecule has 3 aromatic carbocycles. The largest absolute Gasteiger partial charge is 0.497 e. The quantitative estimate of drug-likeness (QED) is 0.0859. The van der Waals surface area contributed by atoms with Crippen LogP contribution in [-0.2, 0) is 25.6 Å². The molecule has 0 unspecified atom stereocenters. The zero-order chi connectivity index (χ0) is 39.5. The molecule has 4 N–H and O–H groups in total. The molecule has 0 aliphatic rings. The van der Waals surface area contributed by atoms with E-state index in [9.17, 15) is 33.6 Å². The van der Waals surface area contributed by atoms with Crippen molar-refractivity contribution in [1.29, 1.82) is 0 Å². The molecule has 0 fully saturated rings. The first kappa shape index (κ1) is 40.4. The average Bonchev–Trinajstić information content (AvgIpc) is 3.65. The van der Waals surface area contributed by atoms with Crippen LogP contribution in [0.5, 0.6) is 5.75 Å². The summed E-state index contributed by atoms with van der Waals surface area (Å²) in [6, 6.07) is 19.1. The lowest BCUT2D eigenvalue weighted by atomic mass is 9.98. The van der Waals surface area contributed by atoms with Crippen molar-refractivity contribution in [3.8, 4) is 17.1 Å². The van der Waals surface area contributed by atoms with E-state index in [1.165, 1.54) is 46.1 Å². The molecule has 13 nitrogen and oxygen atoms in total. The number of anilines is 1. The van der Waals surface area contributed by atoms with Crippen LogP contribution < -0.4 is 26.0 Å². The molecule has 282 valence electrons. The molecule has 54 heavy (non-hydrogen) atoms. The number of Topliss-reactive ketones (excluding diaryl/α,β-unsaturated/α-hetero) is 3. The molecule has 4 aromatic rings. The fourth-order valence-corrected chi connectivity index (χ4v) is 5.46. The molecule has 0 saturated heterocycles. The minimum atomic E-state index is -1.24. The summed E-state index contributed by atoms with van der Waals surface area (Å²) in [7, 11) is 1.51. The van der Waals surface area contributed by atoms with Gasteiger partial charge in [0.05, 0.1) is 13.2 Å². The summed E-state index contributed by atoms with van der Waals surface area (Å²) in [6.07, 6.45) is 0.117. The lowest BCUT2D eigenvalue weighted by Crippen LogP contribution is -2.56. The molecule has 0 radical (unpaired) electrons. The highest BCUT2D eigenvalue weighted by Gasteiger charge is 2.32. The molecule has 0 saturated carbocycles. The Labute approximate surface area is 313 Å². The van der Waals surface area contributed by atoms with E-state index in [0.29, 0.717) is 33.8 Å². The van der Waals surface area contributed by atoms with E-state index in [1.54, 1.807) is 66.7 Å². The summed E-state index contributed by atoms with van der Waals surface area (Å²) >= 11 is 0. The van der Waals surface area contributed by atoms with Gasteiger partial charge in [-0.25, -0.2) is 0 Å². The minimum Gasteiger partial charge on any atom is -0.497 e. The smallest absolute Gasteiger partial charge is 0.293 e. The predicted octanol–water partition coefficient (Wildman–Crippen LogP) is 4.94. The minimum absolute atomic E-state index is 0.00117. The van der Waals surface area contributed by atoms with E-state index < -0.39 is 47.5 Å². The van der Waals surface area contributed by atoms with Gasteiger partial charge < -0.3 is 30.4 Å². The summed E-state index contributed by atoms with van der Waals surface area (Å²) < 4.78 is 10.9. The molecule has 0 bridgehead atoms. The van der Waals surface area contributed by atoms with Gasteiger partial charge in [-0.15, -0.1) is 0 Å². The number of hydrogen-bond donors (Lipinski definition) is 4. The summed E-state index contributed by atoms with van der Waals surface area (Å²) in [6.45, 7) is 7.93. The Morgan fingerprint density at radius 2 is 1.35 bits per heavy atom. The number of nitrogens with one attached hydrogen (secondary N) is 4. The Kier molecular flexibility index (Phi) is 13.8. The fourth-order valence-electron chi connectivity index (χ4n) is 5.46. The van der Waals surface area contributed by atoms with E-state index in [0.717, 1.165) is 0 Å². The Morgan fingerprint density at radius 1 is 0.704 bits per heavy atom. The van der Waals surface area contributed by atoms with Gasteiger partial charge in [-0.05, 0) is 75.1 Å². The Bertz CT molecular complexity index is 2020. The van der Waals surface area contributed by atoms with Crippen molar-refractivity contribution in [2.45, 2.75) is 65.6 Å². The SMILES string of the molecule is COc1ccc(C[C@H](NC(=O)[C@H](C)NC(=O)c2ccc(-c3ccc(C(C)=O)cc3)o2)C(=O)N[C@@H](CC(C)C)C(=O)C(=O)Nc2cccc(C(C)=O)c2)cc1. The topological polar surface area (TPSA) is 190 Å². The van der Waals surface area contributed by atoms with Gasteiger partial charge >= 0.3 is 0 Å². The van der Waals surface area contributed by atoms with Crippen LogP contribution >= 0.6 is 0 Å². The number of ketones is 3. The maximum absolute atomic E-state index is 13.9. The lowest BCUT2D eigenvalue weighted by Gasteiger charge is -2.25. The van der Waals surface area contributed by atoms with Crippen molar-refractivity contribution in [3.05, 3.63) is 107 Å². The maximum Gasteiger partial charge on any atom is 0.293 e. The van der Waals surface area contributed by atoms with E-state index in [-0.39, 0.29) is 41.8 Å². The van der Waals surface area contributed by atoms with Gasteiger partial charge in [0.25, 0.3) is 11.8 Å². The number of carbonyl (C=O) groups excluding carboxylic acids is 7. The number of hydrogen-bond acceptors (Lipinski definition) is 9. The van der Waals surface area contributed by atoms with E-state index in [2.05, 4.69) is 21.3 Å². The van der Waals surface area contributed by atoms with Gasteiger partial charge in [0.2, 0.25) is 17.6 Å². The highest BCUT2D eigenvalue weighted by molar-refractivity contribution is 6.42. The van der Waals surface area contributed by atoms with E-state index >= 15 is 0 Å². The van der Waals surface area contributed by atoms with Crippen LogP contribution in [-0.4, -0.2) is 66.2 Å². The highest BCUT2D eigenvalue weighted by Crippen LogP contribution is 2.23. The second kappa shape index (κ2) is 18.4. The van der Waals surface area contributed by atoms with Gasteiger partial charge in [-0.1, -0.05) is 62.4 Å². The molecule has 4 rings (SSSR count). The molecule has 1 aromatic heterocycles. The van der Waals surface area contributed by atoms with Crippen molar-refractivity contribution in [2.75, 3.05) is 12.4 Å². The number of methoxy groups -OCH3 is 1. The average molecular weight is 737 g/mol. The third-order valence-electron chi connectivity index (χ3n) is 8.47. The lowest BCUT2D eigenvalue weighted by molar-refractivity contribution is -0.138. The normalized spacial score (nSPS) is 12.5. The molecule has 0 aliphatic carbocycles. The van der Waals surface area contributed by atoms with Crippen LogP contribution in [0.2, 0.25) is 0 Å². The first-order valence-corrected chi connectivity index (χ1v) is 17.4. The summed E-state index contributed by atoms with van der Waals surface area (Å²) in [5.74, 6) is -3.51. The summed E-state index contributed by atoms with van der Waals surface area (Å²) in [5.41, 5.74) is 2.42. The molecule has 0 aliphatic heterocycles. The van der Waals surface area contributed by atoms with Gasteiger partial charge in [0, 0.05) is 28.8 Å². The van der Waals surface area contributed by atoms with E-state index in [4.69, 9.17) is 9.15 Å². The van der Waals surface area contributed by atoms with Crippen molar-refractivity contribution in [1.82, 2.24) is 16.0 Å². The van der Waals surface area contributed by atoms with Crippen LogP contribution in [0.15, 0.2) is 89.3 Å². The molecule has 3 atom stereocenters. The highest BCUT2D eigenvalue weighted by atomic mass is 16.5. The monoisotopic (exact) mass is 736 g/mol. The molecule has 1 heterocycles. The van der Waals surface area contributed by atoms with Crippen molar-refractivity contribution < 1.29 is 42.7 Å². The zero-order valence-electron chi connectivity index (χ0n) is 31.0. The molecular formula is C41H44N4O9. The van der Waals surface area contributed by atoms with Crippen LogP contribution in [0.25, 0.3) is 11.3 Å². The number of rotatable bonds is 17. The standard InChI is InChI=1S/C41H44N4O9/c1-23(2)20-33(37(48)41(52)43-31-9-7-8-30(22-31)26(5)47)44-39(50)34(21-27-10-16-32(53-6)17-11-27)45-38(49)24(3)42-40(51)36-19-18-35(54-36)29-14-12-28(13-15-29)25(4)46/h7-19,22-24,33-34H,20-21H2,1-6H3,(H,42,51)(H,43,52)(H,44,50)(H,45,49)/t24-,33-,34-/m0/s1. The van der Waals surface area contributed by atoms with Crippen molar-refractivity contribution >= 4 is 46.7 Å².